The third-order valence-electron chi connectivity index (χ3n) is 2.14. The molecular formula is C14H11F. The van der Waals surface area contributed by atoms with Gasteiger partial charge in [-0.05, 0) is 23.3 Å². The van der Waals surface area contributed by atoms with Crippen LogP contribution in [-0.2, 0) is 0 Å². The van der Waals surface area contributed by atoms with Gasteiger partial charge in [-0.3, -0.25) is 0 Å². The predicted molar refractivity (Wildman–Crippen MR) is 61.8 cm³/mol. The van der Waals surface area contributed by atoms with Gasteiger partial charge in [0.25, 0.3) is 0 Å². The van der Waals surface area contributed by atoms with Crippen LogP contribution in [0.2, 0.25) is 0 Å². The normalized spacial score (nSPS) is 10.7. The van der Waals surface area contributed by atoms with Gasteiger partial charge in [0.1, 0.15) is 5.82 Å². The highest BCUT2D eigenvalue weighted by atomic mass is 19.1. The van der Waals surface area contributed by atoms with E-state index in [1.807, 2.05) is 42.5 Å². The van der Waals surface area contributed by atoms with E-state index in [1.54, 1.807) is 12.1 Å². The molecule has 0 radical (unpaired) electrons. The zero-order chi connectivity index (χ0) is 10.5. The van der Waals surface area contributed by atoms with Crippen molar-refractivity contribution >= 4 is 12.2 Å². The van der Waals surface area contributed by atoms with Crippen molar-refractivity contribution in [1.29, 1.82) is 0 Å². The standard InChI is InChI=1S/C14H11F/c15-14-10-8-13(9-11-14)7-6-12-4-2-1-3-5-12/h1-11H/b7-6+. The van der Waals surface area contributed by atoms with Gasteiger partial charge in [0.15, 0.2) is 0 Å². The smallest absolute Gasteiger partial charge is 0.123 e. The molecule has 0 nitrogen and oxygen atoms in total. The first kappa shape index (κ1) is 9.66. The van der Waals surface area contributed by atoms with Crippen molar-refractivity contribution in [2.45, 2.75) is 0 Å². The van der Waals surface area contributed by atoms with E-state index in [1.165, 1.54) is 12.1 Å². The Labute approximate surface area is 88.7 Å². The maximum absolute atomic E-state index is 12.6. The summed E-state index contributed by atoms with van der Waals surface area (Å²) in [6.45, 7) is 0. The van der Waals surface area contributed by atoms with Crippen LogP contribution < -0.4 is 0 Å². The van der Waals surface area contributed by atoms with Crippen LogP contribution >= 0.6 is 0 Å². The molecular weight excluding hydrogens is 187 g/mol. The third-order valence-corrected chi connectivity index (χ3v) is 2.14. The summed E-state index contributed by atoms with van der Waals surface area (Å²) in [5.74, 6) is -0.202. The number of rotatable bonds is 2. The number of halogens is 1. The van der Waals surface area contributed by atoms with Crippen LogP contribution in [-0.4, -0.2) is 0 Å². The zero-order valence-corrected chi connectivity index (χ0v) is 8.23. The van der Waals surface area contributed by atoms with Crippen molar-refractivity contribution < 1.29 is 4.39 Å². The molecule has 0 heterocycles. The first-order valence-corrected chi connectivity index (χ1v) is 4.83. The fourth-order valence-electron chi connectivity index (χ4n) is 1.33. The molecule has 2 aromatic rings. The maximum Gasteiger partial charge on any atom is 0.123 e. The summed E-state index contributed by atoms with van der Waals surface area (Å²) in [6.07, 6.45) is 3.97. The fraction of sp³-hybridized carbons (Fsp3) is 0. The predicted octanol–water partition coefficient (Wildman–Crippen LogP) is 4.00. The van der Waals surface area contributed by atoms with E-state index >= 15 is 0 Å². The Bertz CT molecular complexity index is 441. The van der Waals surface area contributed by atoms with E-state index in [-0.39, 0.29) is 5.82 Å². The van der Waals surface area contributed by atoms with Crippen LogP contribution in [0.5, 0.6) is 0 Å². The quantitative estimate of drug-likeness (QED) is 0.640. The van der Waals surface area contributed by atoms with Gasteiger partial charge in [0, 0.05) is 0 Å². The SMILES string of the molecule is Fc1ccc(/C=C/c2ccccc2)cc1. The monoisotopic (exact) mass is 198 g/mol. The molecule has 0 amide bonds. The first-order valence-electron chi connectivity index (χ1n) is 4.83. The summed E-state index contributed by atoms with van der Waals surface area (Å²) < 4.78 is 12.6. The maximum atomic E-state index is 12.6. The summed E-state index contributed by atoms with van der Waals surface area (Å²) >= 11 is 0. The molecule has 0 aliphatic heterocycles. The zero-order valence-electron chi connectivity index (χ0n) is 8.23. The van der Waals surface area contributed by atoms with Crippen LogP contribution in [0.3, 0.4) is 0 Å². The Morgan fingerprint density at radius 2 is 1.20 bits per heavy atom. The Morgan fingerprint density at radius 3 is 1.80 bits per heavy atom. The summed E-state index contributed by atoms with van der Waals surface area (Å²) in [5, 5.41) is 0. The van der Waals surface area contributed by atoms with Crippen LogP contribution in [0, 0.1) is 5.82 Å². The molecule has 0 atom stereocenters. The third kappa shape index (κ3) is 2.78. The Kier molecular flexibility index (Phi) is 2.93. The average molecular weight is 198 g/mol. The second kappa shape index (κ2) is 4.56. The molecule has 0 aliphatic rings. The Balaban J connectivity index is 2.15. The molecule has 0 fully saturated rings. The summed E-state index contributed by atoms with van der Waals surface area (Å²) in [4.78, 5) is 0. The second-order valence-electron chi connectivity index (χ2n) is 3.30. The van der Waals surface area contributed by atoms with Gasteiger partial charge in [-0.15, -0.1) is 0 Å². The van der Waals surface area contributed by atoms with E-state index in [4.69, 9.17) is 0 Å². The van der Waals surface area contributed by atoms with Crippen LogP contribution in [0.15, 0.2) is 54.6 Å². The molecule has 0 aromatic heterocycles. The Hall–Kier alpha value is -1.89. The van der Waals surface area contributed by atoms with Crippen LogP contribution in [0.4, 0.5) is 4.39 Å². The minimum atomic E-state index is -0.202. The van der Waals surface area contributed by atoms with Gasteiger partial charge >= 0.3 is 0 Å². The minimum absolute atomic E-state index is 0.202. The minimum Gasteiger partial charge on any atom is -0.207 e. The number of benzene rings is 2. The van der Waals surface area contributed by atoms with Crippen molar-refractivity contribution in [3.63, 3.8) is 0 Å². The molecule has 74 valence electrons. The van der Waals surface area contributed by atoms with Gasteiger partial charge in [-0.1, -0.05) is 54.6 Å². The second-order valence-corrected chi connectivity index (χ2v) is 3.30. The van der Waals surface area contributed by atoms with Crippen molar-refractivity contribution in [3.8, 4) is 0 Å². The van der Waals surface area contributed by atoms with Crippen LogP contribution in [0.1, 0.15) is 11.1 Å². The van der Waals surface area contributed by atoms with E-state index in [0.29, 0.717) is 0 Å². The molecule has 0 unspecified atom stereocenters. The van der Waals surface area contributed by atoms with Crippen molar-refractivity contribution in [1.82, 2.24) is 0 Å². The first-order chi connectivity index (χ1) is 7.34. The van der Waals surface area contributed by atoms with E-state index in [9.17, 15) is 4.39 Å². The lowest BCUT2D eigenvalue weighted by molar-refractivity contribution is 0.628. The van der Waals surface area contributed by atoms with Gasteiger partial charge in [0.2, 0.25) is 0 Å². The average Bonchev–Trinajstić information content (AvgIpc) is 2.30. The number of hydrogen-bond acceptors (Lipinski definition) is 0. The summed E-state index contributed by atoms with van der Waals surface area (Å²) in [7, 11) is 0. The summed E-state index contributed by atoms with van der Waals surface area (Å²) in [5.41, 5.74) is 2.14. The van der Waals surface area contributed by atoms with E-state index in [0.717, 1.165) is 11.1 Å². The highest BCUT2D eigenvalue weighted by molar-refractivity contribution is 5.69. The molecule has 1 heteroatoms. The highest BCUT2D eigenvalue weighted by Crippen LogP contribution is 2.08. The van der Waals surface area contributed by atoms with Crippen molar-refractivity contribution in [2.75, 3.05) is 0 Å². The summed E-state index contributed by atoms with van der Waals surface area (Å²) in [6, 6.07) is 16.5. The molecule has 0 aliphatic carbocycles. The molecule has 0 saturated carbocycles. The van der Waals surface area contributed by atoms with E-state index < -0.39 is 0 Å². The molecule has 2 aromatic carbocycles. The van der Waals surface area contributed by atoms with Gasteiger partial charge in [-0.25, -0.2) is 4.39 Å². The van der Waals surface area contributed by atoms with Crippen molar-refractivity contribution in [3.05, 3.63) is 71.5 Å². The van der Waals surface area contributed by atoms with E-state index in [2.05, 4.69) is 0 Å². The van der Waals surface area contributed by atoms with Crippen LogP contribution in [0.25, 0.3) is 12.2 Å². The molecule has 0 bridgehead atoms. The molecule has 15 heavy (non-hydrogen) atoms. The number of hydrogen-bond donors (Lipinski definition) is 0. The Morgan fingerprint density at radius 1 is 0.667 bits per heavy atom. The lowest BCUT2D eigenvalue weighted by Crippen LogP contribution is -1.74. The highest BCUT2D eigenvalue weighted by Gasteiger charge is 1.88. The molecule has 0 saturated heterocycles. The molecule has 0 spiro atoms. The topological polar surface area (TPSA) is 0 Å². The largest absolute Gasteiger partial charge is 0.207 e. The van der Waals surface area contributed by atoms with Gasteiger partial charge in [-0.2, -0.15) is 0 Å². The van der Waals surface area contributed by atoms with Gasteiger partial charge < -0.3 is 0 Å². The van der Waals surface area contributed by atoms with Crippen molar-refractivity contribution in [2.24, 2.45) is 0 Å². The fourth-order valence-corrected chi connectivity index (χ4v) is 1.33. The lowest BCUT2D eigenvalue weighted by Gasteiger charge is -1.93. The lowest BCUT2D eigenvalue weighted by atomic mass is 10.1. The molecule has 0 N–H and O–H groups in total. The molecule has 2 rings (SSSR count). The van der Waals surface area contributed by atoms with Gasteiger partial charge in [0.05, 0.1) is 0 Å².